The van der Waals surface area contributed by atoms with Crippen LogP contribution in [0.1, 0.15) is 40.5 Å². The molecule has 70 valence electrons. The van der Waals surface area contributed by atoms with Crippen LogP contribution in [-0.4, -0.2) is 6.61 Å². The summed E-state index contributed by atoms with van der Waals surface area (Å²) in [5, 5.41) is 0. The first kappa shape index (κ1) is 11.3. The first-order valence-corrected chi connectivity index (χ1v) is 4.83. The van der Waals surface area contributed by atoms with Crippen LogP contribution in [0.5, 0.6) is 0 Å². The molecule has 1 nitrogen and oxygen atoms in total. The molecular formula is C11H20O. The van der Waals surface area contributed by atoms with Gasteiger partial charge in [-0.2, -0.15) is 0 Å². The summed E-state index contributed by atoms with van der Waals surface area (Å²) in [6.45, 7) is 8.97. The third-order valence-electron chi connectivity index (χ3n) is 1.78. The Labute approximate surface area is 76.1 Å². The molecule has 0 aromatic heterocycles. The Kier molecular flexibility index (Phi) is 6.54. The Morgan fingerprint density at radius 3 is 2.25 bits per heavy atom. The van der Waals surface area contributed by atoms with Crippen molar-refractivity contribution in [2.45, 2.75) is 40.5 Å². The van der Waals surface area contributed by atoms with Crippen molar-refractivity contribution >= 4 is 0 Å². The molecule has 1 fully saturated rings. The SMILES string of the molecule is C/C=C1/CCCO/C1=C/C.CC. The van der Waals surface area contributed by atoms with Gasteiger partial charge in [-0.3, -0.25) is 0 Å². The Morgan fingerprint density at radius 1 is 1.17 bits per heavy atom. The summed E-state index contributed by atoms with van der Waals surface area (Å²) in [6.07, 6.45) is 6.51. The number of hydrogen-bond donors (Lipinski definition) is 0. The van der Waals surface area contributed by atoms with Crippen molar-refractivity contribution in [2.24, 2.45) is 0 Å². The third-order valence-corrected chi connectivity index (χ3v) is 1.78. The average molecular weight is 168 g/mol. The maximum absolute atomic E-state index is 5.42. The Bertz CT molecular complexity index is 146. The maximum atomic E-state index is 5.42. The van der Waals surface area contributed by atoms with Crippen molar-refractivity contribution in [1.29, 1.82) is 0 Å². The van der Waals surface area contributed by atoms with Gasteiger partial charge in [0, 0.05) is 0 Å². The monoisotopic (exact) mass is 168 g/mol. The number of hydrogen-bond acceptors (Lipinski definition) is 1. The van der Waals surface area contributed by atoms with E-state index in [1.165, 1.54) is 12.0 Å². The second-order valence-electron chi connectivity index (χ2n) is 2.42. The zero-order valence-electron chi connectivity index (χ0n) is 8.68. The minimum atomic E-state index is 0.886. The molecule has 0 aromatic rings. The second kappa shape index (κ2) is 6.96. The fourth-order valence-corrected chi connectivity index (χ4v) is 1.22. The Hall–Kier alpha value is -0.720. The van der Waals surface area contributed by atoms with E-state index in [0.717, 1.165) is 18.8 Å². The van der Waals surface area contributed by atoms with Crippen molar-refractivity contribution in [2.75, 3.05) is 6.61 Å². The molecule has 1 heterocycles. The minimum absolute atomic E-state index is 0.886. The lowest BCUT2D eigenvalue weighted by Gasteiger charge is -2.18. The molecule has 0 aliphatic carbocycles. The Balaban J connectivity index is 0.000000561. The molecule has 0 aromatic carbocycles. The highest BCUT2D eigenvalue weighted by atomic mass is 16.5. The zero-order valence-corrected chi connectivity index (χ0v) is 8.68. The fourth-order valence-electron chi connectivity index (χ4n) is 1.22. The molecular weight excluding hydrogens is 148 g/mol. The van der Waals surface area contributed by atoms with Gasteiger partial charge in [0.15, 0.2) is 0 Å². The van der Waals surface area contributed by atoms with Crippen LogP contribution in [0.25, 0.3) is 0 Å². The van der Waals surface area contributed by atoms with Gasteiger partial charge < -0.3 is 4.74 Å². The van der Waals surface area contributed by atoms with Crippen LogP contribution < -0.4 is 0 Å². The average Bonchev–Trinajstić information content (AvgIpc) is 2.20. The van der Waals surface area contributed by atoms with Gasteiger partial charge in [-0.1, -0.05) is 19.9 Å². The van der Waals surface area contributed by atoms with Crippen LogP contribution in [0.15, 0.2) is 23.5 Å². The van der Waals surface area contributed by atoms with Crippen LogP contribution in [0.2, 0.25) is 0 Å². The summed E-state index contributed by atoms with van der Waals surface area (Å²) in [4.78, 5) is 0. The van der Waals surface area contributed by atoms with E-state index in [4.69, 9.17) is 4.74 Å². The lowest BCUT2D eigenvalue weighted by atomic mass is 10.1. The summed E-state index contributed by atoms with van der Waals surface area (Å²) in [5.74, 6) is 1.08. The summed E-state index contributed by atoms with van der Waals surface area (Å²) in [7, 11) is 0. The van der Waals surface area contributed by atoms with Gasteiger partial charge in [-0.25, -0.2) is 0 Å². The highest BCUT2D eigenvalue weighted by molar-refractivity contribution is 5.26. The van der Waals surface area contributed by atoms with Gasteiger partial charge in [0.25, 0.3) is 0 Å². The molecule has 0 atom stereocenters. The van der Waals surface area contributed by atoms with Crippen LogP contribution in [0.4, 0.5) is 0 Å². The largest absolute Gasteiger partial charge is 0.494 e. The fraction of sp³-hybridized carbons (Fsp3) is 0.636. The second-order valence-corrected chi connectivity index (χ2v) is 2.42. The van der Waals surface area contributed by atoms with Gasteiger partial charge in [0.1, 0.15) is 5.76 Å². The maximum Gasteiger partial charge on any atom is 0.117 e. The lowest BCUT2D eigenvalue weighted by molar-refractivity contribution is 0.193. The van der Waals surface area contributed by atoms with E-state index in [2.05, 4.69) is 13.0 Å². The normalized spacial score (nSPS) is 23.0. The molecule has 1 aliphatic rings. The van der Waals surface area contributed by atoms with E-state index in [-0.39, 0.29) is 0 Å². The molecule has 0 amide bonds. The van der Waals surface area contributed by atoms with E-state index in [9.17, 15) is 0 Å². The van der Waals surface area contributed by atoms with Crippen LogP contribution in [0, 0.1) is 0 Å². The number of ether oxygens (including phenoxy) is 1. The number of rotatable bonds is 0. The first-order chi connectivity index (χ1) is 5.88. The van der Waals surface area contributed by atoms with Crippen molar-refractivity contribution in [3.63, 3.8) is 0 Å². The predicted octanol–water partition coefficient (Wildman–Crippen LogP) is 3.67. The topological polar surface area (TPSA) is 9.23 Å². The smallest absolute Gasteiger partial charge is 0.117 e. The van der Waals surface area contributed by atoms with Gasteiger partial charge in [-0.15, -0.1) is 0 Å². The number of allylic oxidation sites excluding steroid dienone is 3. The van der Waals surface area contributed by atoms with Gasteiger partial charge >= 0.3 is 0 Å². The van der Waals surface area contributed by atoms with E-state index in [0.29, 0.717) is 0 Å². The molecule has 0 N–H and O–H groups in total. The molecule has 12 heavy (non-hydrogen) atoms. The summed E-state index contributed by atoms with van der Waals surface area (Å²) in [6, 6.07) is 0. The first-order valence-electron chi connectivity index (χ1n) is 4.83. The zero-order chi connectivity index (χ0) is 9.40. The van der Waals surface area contributed by atoms with Crippen molar-refractivity contribution in [3.05, 3.63) is 23.5 Å². The summed E-state index contributed by atoms with van der Waals surface area (Å²) < 4.78 is 5.42. The predicted molar refractivity (Wildman–Crippen MR) is 54.0 cm³/mol. The van der Waals surface area contributed by atoms with Crippen LogP contribution in [-0.2, 0) is 4.74 Å². The van der Waals surface area contributed by atoms with Crippen molar-refractivity contribution < 1.29 is 4.74 Å². The van der Waals surface area contributed by atoms with E-state index >= 15 is 0 Å². The van der Waals surface area contributed by atoms with Crippen molar-refractivity contribution in [3.8, 4) is 0 Å². The van der Waals surface area contributed by atoms with Gasteiger partial charge in [0.2, 0.25) is 0 Å². The molecule has 0 saturated carbocycles. The molecule has 0 unspecified atom stereocenters. The molecule has 1 rings (SSSR count). The standard InChI is InChI=1S/C9H14O.C2H6/c1-3-8-6-5-7-10-9(8)4-2;1-2/h3-4H,5-7H2,1-2H3;1-2H3/b8-3-,9-4+;. The van der Waals surface area contributed by atoms with E-state index in [1.54, 1.807) is 0 Å². The Morgan fingerprint density at radius 2 is 1.83 bits per heavy atom. The van der Waals surface area contributed by atoms with Crippen molar-refractivity contribution in [1.82, 2.24) is 0 Å². The molecule has 0 radical (unpaired) electrons. The van der Waals surface area contributed by atoms with Gasteiger partial charge in [0.05, 0.1) is 6.61 Å². The molecule has 1 heteroatoms. The summed E-state index contributed by atoms with van der Waals surface area (Å²) in [5.41, 5.74) is 1.36. The van der Waals surface area contributed by atoms with E-state index < -0.39 is 0 Å². The van der Waals surface area contributed by atoms with Gasteiger partial charge in [-0.05, 0) is 38.3 Å². The molecule has 1 saturated heterocycles. The minimum Gasteiger partial charge on any atom is -0.494 e. The highest BCUT2D eigenvalue weighted by Crippen LogP contribution is 2.22. The van der Waals surface area contributed by atoms with E-state index in [1.807, 2.05) is 26.8 Å². The molecule has 0 spiro atoms. The van der Waals surface area contributed by atoms with Crippen LogP contribution >= 0.6 is 0 Å². The van der Waals surface area contributed by atoms with Crippen LogP contribution in [0.3, 0.4) is 0 Å². The third kappa shape index (κ3) is 3.12. The molecule has 0 bridgehead atoms. The quantitative estimate of drug-likeness (QED) is 0.536. The highest BCUT2D eigenvalue weighted by Gasteiger charge is 2.09. The lowest BCUT2D eigenvalue weighted by Crippen LogP contribution is -2.05. The molecule has 1 aliphatic heterocycles. The summed E-state index contributed by atoms with van der Waals surface area (Å²) >= 11 is 0.